The summed E-state index contributed by atoms with van der Waals surface area (Å²) in [6, 6.07) is 0. The molecule has 92 valence electrons. The molecule has 2 N–H and O–H groups in total. The molecule has 0 saturated carbocycles. The highest BCUT2D eigenvalue weighted by molar-refractivity contribution is 9.09. The van der Waals surface area contributed by atoms with Crippen LogP contribution in [0.3, 0.4) is 0 Å². The van der Waals surface area contributed by atoms with E-state index in [1.54, 1.807) is 0 Å². The van der Waals surface area contributed by atoms with Gasteiger partial charge in [-0.05, 0) is 25.9 Å². The highest BCUT2D eigenvalue weighted by Crippen LogP contribution is 2.12. The molecular weight excluding hydrogens is 256 g/mol. The first-order valence-electron chi connectivity index (χ1n) is 5.82. The van der Waals surface area contributed by atoms with Gasteiger partial charge in [-0.25, -0.2) is 0 Å². The summed E-state index contributed by atoms with van der Waals surface area (Å²) in [5.41, 5.74) is 0. The van der Waals surface area contributed by atoms with Gasteiger partial charge in [-0.3, -0.25) is 4.90 Å². The molecule has 0 aromatic rings. The molecular formula is C11H25BrN2O. The van der Waals surface area contributed by atoms with Crippen molar-refractivity contribution < 1.29 is 5.11 Å². The second kappa shape index (κ2) is 9.58. The first-order chi connectivity index (χ1) is 7.19. The van der Waals surface area contributed by atoms with Gasteiger partial charge in [0.05, 0.1) is 0 Å². The third-order valence-corrected chi connectivity index (χ3v) is 3.75. The van der Waals surface area contributed by atoms with Crippen LogP contribution in [0.15, 0.2) is 0 Å². The number of nitrogens with one attached hydrogen (secondary N) is 1. The molecule has 15 heavy (non-hydrogen) atoms. The lowest BCUT2D eigenvalue weighted by atomic mass is 10.1. The SMILES string of the molecule is CCC(CBr)CCN(CC)C(O)CNC. The Bertz CT molecular complexity index is 143. The molecule has 3 nitrogen and oxygen atoms in total. The van der Waals surface area contributed by atoms with Crippen LogP contribution in [0.4, 0.5) is 0 Å². The van der Waals surface area contributed by atoms with Gasteiger partial charge in [0.1, 0.15) is 6.23 Å². The lowest BCUT2D eigenvalue weighted by Gasteiger charge is -2.27. The zero-order valence-corrected chi connectivity index (χ0v) is 11.8. The molecule has 0 aromatic carbocycles. The summed E-state index contributed by atoms with van der Waals surface area (Å²) in [5, 5.41) is 13.9. The molecule has 0 aliphatic heterocycles. The van der Waals surface area contributed by atoms with Crippen molar-refractivity contribution in [2.75, 3.05) is 32.0 Å². The van der Waals surface area contributed by atoms with E-state index in [-0.39, 0.29) is 6.23 Å². The second-order valence-corrected chi connectivity index (χ2v) is 4.53. The molecule has 0 heterocycles. The summed E-state index contributed by atoms with van der Waals surface area (Å²) in [6.07, 6.45) is 1.99. The number of rotatable bonds is 9. The van der Waals surface area contributed by atoms with Gasteiger partial charge in [0, 0.05) is 18.4 Å². The largest absolute Gasteiger partial charge is 0.377 e. The van der Waals surface area contributed by atoms with E-state index in [1.807, 2.05) is 7.05 Å². The predicted molar refractivity (Wildman–Crippen MR) is 69.4 cm³/mol. The Kier molecular flexibility index (Phi) is 9.81. The van der Waals surface area contributed by atoms with Crippen molar-refractivity contribution >= 4 is 15.9 Å². The number of aliphatic hydroxyl groups excluding tert-OH is 1. The van der Waals surface area contributed by atoms with E-state index >= 15 is 0 Å². The van der Waals surface area contributed by atoms with Crippen LogP contribution in [0.25, 0.3) is 0 Å². The Hall–Kier alpha value is 0.360. The van der Waals surface area contributed by atoms with Crippen LogP contribution in [0.2, 0.25) is 0 Å². The lowest BCUT2D eigenvalue weighted by molar-refractivity contribution is 0.00666. The standard InChI is InChI=1S/C11H25BrN2O/c1-4-10(8-12)6-7-14(5-2)11(15)9-13-3/h10-11,13,15H,4-9H2,1-3H3. The Morgan fingerprint density at radius 2 is 2.07 bits per heavy atom. The van der Waals surface area contributed by atoms with Gasteiger partial charge < -0.3 is 10.4 Å². The molecule has 0 spiro atoms. The van der Waals surface area contributed by atoms with Crippen molar-refractivity contribution in [2.24, 2.45) is 5.92 Å². The summed E-state index contributed by atoms with van der Waals surface area (Å²) in [5.74, 6) is 0.723. The number of hydrogen-bond donors (Lipinski definition) is 2. The van der Waals surface area contributed by atoms with Crippen LogP contribution >= 0.6 is 15.9 Å². The first-order valence-corrected chi connectivity index (χ1v) is 6.94. The number of nitrogens with zero attached hydrogens (tertiary/aromatic N) is 1. The number of alkyl halides is 1. The van der Waals surface area contributed by atoms with Crippen LogP contribution in [0.5, 0.6) is 0 Å². The van der Waals surface area contributed by atoms with E-state index in [1.165, 1.54) is 6.42 Å². The molecule has 0 amide bonds. The summed E-state index contributed by atoms with van der Waals surface area (Å²) >= 11 is 3.52. The van der Waals surface area contributed by atoms with Crippen molar-refractivity contribution in [1.29, 1.82) is 0 Å². The van der Waals surface area contributed by atoms with Gasteiger partial charge in [0.25, 0.3) is 0 Å². The van der Waals surface area contributed by atoms with Gasteiger partial charge in [0.15, 0.2) is 0 Å². The minimum absolute atomic E-state index is 0.354. The molecule has 0 fully saturated rings. The number of hydrogen-bond acceptors (Lipinski definition) is 3. The van der Waals surface area contributed by atoms with Crippen molar-refractivity contribution in [3.63, 3.8) is 0 Å². The number of halogens is 1. The third kappa shape index (κ3) is 6.51. The first kappa shape index (κ1) is 15.4. The van der Waals surface area contributed by atoms with E-state index in [2.05, 4.69) is 40.0 Å². The van der Waals surface area contributed by atoms with Crippen LogP contribution < -0.4 is 5.32 Å². The maximum absolute atomic E-state index is 9.82. The Labute approximate surface area is 102 Å². The Balaban J connectivity index is 3.87. The van der Waals surface area contributed by atoms with E-state index in [0.717, 1.165) is 30.8 Å². The van der Waals surface area contributed by atoms with Gasteiger partial charge in [-0.2, -0.15) is 0 Å². The molecule has 0 bridgehead atoms. The Morgan fingerprint density at radius 1 is 1.40 bits per heavy atom. The van der Waals surface area contributed by atoms with Gasteiger partial charge >= 0.3 is 0 Å². The third-order valence-electron chi connectivity index (χ3n) is 2.83. The van der Waals surface area contributed by atoms with Crippen molar-refractivity contribution in [3.8, 4) is 0 Å². The quantitative estimate of drug-likeness (QED) is 0.498. The molecule has 0 aliphatic carbocycles. The molecule has 2 unspecified atom stereocenters. The van der Waals surface area contributed by atoms with E-state index in [9.17, 15) is 5.11 Å². The fourth-order valence-electron chi connectivity index (χ4n) is 1.57. The van der Waals surface area contributed by atoms with E-state index < -0.39 is 0 Å². The van der Waals surface area contributed by atoms with Gasteiger partial charge in [-0.1, -0.05) is 36.2 Å². The summed E-state index contributed by atoms with van der Waals surface area (Å²) < 4.78 is 0. The maximum Gasteiger partial charge on any atom is 0.119 e. The molecule has 4 heteroatoms. The van der Waals surface area contributed by atoms with E-state index in [0.29, 0.717) is 6.54 Å². The highest BCUT2D eigenvalue weighted by atomic mass is 79.9. The van der Waals surface area contributed by atoms with Gasteiger partial charge in [0.2, 0.25) is 0 Å². The predicted octanol–water partition coefficient (Wildman–Crippen LogP) is 1.66. The normalized spacial score (nSPS) is 15.6. The molecule has 0 rings (SSSR count). The zero-order valence-electron chi connectivity index (χ0n) is 10.2. The smallest absolute Gasteiger partial charge is 0.119 e. The summed E-state index contributed by atoms with van der Waals surface area (Å²) in [4.78, 5) is 2.11. The molecule has 0 radical (unpaired) electrons. The van der Waals surface area contributed by atoms with Crippen LogP contribution in [0, 0.1) is 5.92 Å². The monoisotopic (exact) mass is 280 g/mol. The maximum atomic E-state index is 9.82. The molecule has 2 atom stereocenters. The van der Waals surface area contributed by atoms with Gasteiger partial charge in [-0.15, -0.1) is 0 Å². The summed E-state index contributed by atoms with van der Waals surface area (Å²) in [7, 11) is 1.87. The molecule has 0 aromatic heterocycles. The number of likely N-dealkylation sites (N-methyl/N-ethyl adjacent to an activating group) is 2. The van der Waals surface area contributed by atoms with Crippen LogP contribution in [-0.4, -0.2) is 48.2 Å². The van der Waals surface area contributed by atoms with Crippen molar-refractivity contribution in [1.82, 2.24) is 10.2 Å². The fourth-order valence-corrected chi connectivity index (χ4v) is 2.35. The molecule has 0 aliphatic rings. The van der Waals surface area contributed by atoms with Crippen molar-refractivity contribution in [2.45, 2.75) is 32.9 Å². The van der Waals surface area contributed by atoms with Crippen LogP contribution in [-0.2, 0) is 0 Å². The second-order valence-electron chi connectivity index (χ2n) is 3.88. The lowest BCUT2D eigenvalue weighted by Crippen LogP contribution is -2.42. The minimum atomic E-state index is -0.354. The minimum Gasteiger partial charge on any atom is -0.377 e. The summed E-state index contributed by atoms with van der Waals surface area (Å²) in [6.45, 7) is 6.82. The zero-order chi connectivity index (χ0) is 11.7. The number of aliphatic hydroxyl groups is 1. The average molecular weight is 281 g/mol. The van der Waals surface area contributed by atoms with Crippen molar-refractivity contribution in [3.05, 3.63) is 0 Å². The van der Waals surface area contributed by atoms with Crippen LogP contribution in [0.1, 0.15) is 26.7 Å². The highest BCUT2D eigenvalue weighted by Gasteiger charge is 2.14. The average Bonchev–Trinajstić information content (AvgIpc) is 2.25. The van der Waals surface area contributed by atoms with E-state index in [4.69, 9.17) is 0 Å². The topological polar surface area (TPSA) is 35.5 Å². The molecule has 0 saturated heterocycles. The fraction of sp³-hybridized carbons (Fsp3) is 1.00. The Morgan fingerprint density at radius 3 is 2.47 bits per heavy atom.